The van der Waals surface area contributed by atoms with Crippen molar-refractivity contribution < 1.29 is 19.4 Å². The van der Waals surface area contributed by atoms with Crippen LogP contribution in [0.2, 0.25) is 0 Å². The monoisotopic (exact) mass is 363 g/mol. The molecule has 0 radical (unpaired) electrons. The van der Waals surface area contributed by atoms with E-state index in [9.17, 15) is 9.90 Å². The van der Waals surface area contributed by atoms with Crippen molar-refractivity contribution in [2.75, 3.05) is 12.4 Å². The number of amides is 1. The first kappa shape index (κ1) is 18.3. The molecule has 2 N–H and O–H groups in total. The van der Waals surface area contributed by atoms with Gasteiger partial charge in [-0.15, -0.1) is 0 Å². The van der Waals surface area contributed by atoms with Gasteiger partial charge in [0.15, 0.2) is 11.5 Å². The van der Waals surface area contributed by atoms with Gasteiger partial charge < -0.3 is 19.9 Å². The predicted octanol–water partition coefficient (Wildman–Crippen LogP) is 4.76. The molecular weight excluding hydrogens is 342 g/mol. The fourth-order valence-corrected chi connectivity index (χ4v) is 2.63. The number of methoxy groups -OCH3 is 1. The van der Waals surface area contributed by atoms with Gasteiger partial charge in [0.25, 0.3) is 0 Å². The van der Waals surface area contributed by atoms with Crippen LogP contribution in [-0.2, 0) is 11.2 Å². The van der Waals surface area contributed by atoms with Crippen molar-refractivity contribution in [3.8, 4) is 23.0 Å². The van der Waals surface area contributed by atoms with E-state index in [1.54, 1.807) is 43.5 Å². The lowest BCUT2D eigenvalue weighted by Crippen LogP contribution is -2.12. The van der Waals surface area contributed by atoms with Crippen LogP contribution in [0.4, 0.5) is 5.69 Å². The number of ether oxygens (including phenoxy) is 2. The Labute approximate surface area is 158 Å². The van der Waals surface area contributed by atoms with Gasteiger partial charge >= 0.3 is 0 Å². The molecule has 5 heteroatoms. The molecule has 0 aliphatic heterocycles. The van der Waals surface area contributed by atoms with Gasteiger partial charge in [-0.3, -0.25) is 4.79 Å². The first-order valence-electron chi connectivity index (χ1n) is 8.63. The Morgan fingerprint density at radius 1 is 0.926 bits per heavy atom. The maximum atomic E-state index is 12.1. The summed E-state index contributed by atoms with van der Waals surface area (Å²) in [5, 5.41) is 12.6. The summed E-state index contributed by atoms with van der Waals surface area (Å²) < 4.78 is 11.1. The summed E-state index contributed by atoms with van der Waals surface area (Å²) in [6.45, 7) is 0. The van der Waals surface area contributed by atoms with Crippen molar-refractivity contribution in [1.82, 2.24) is 0 Å². The molecule has 0 aliphatic carbocycles. The molecule has 0 saturated carbocycles. The van der Waals surface area contributed by atoms with Crippen molar-refractivity contribution >= 4 is 11.6 Å². The third kappa shape index (κ3) is 5.01. The summed E-state index contributed by atoms with van der Waals surface area (Å²) in [4.78, 5) is 12.1. The molecule has 0 heterocycles. The second-order valence-corrected chi connectivity index (χ2v) is 5.95. The highest BCUT2D eigenvalue weighted by Gasteiger charge is 2.07. The molecule has 3 rings (SSSR count). The average Bonchev–Trinajstić information content (AvgIpc) is 2.69. The largest absolute Gasteiger partial charge is 0.508 e. The number of hydrogen-bond acceptors (Lipinski definition) is 4. The zero-order chi connectivity index (χ0) is 19.1. The van der Waals surface area contributed by atoms with Crippen LogP contribution in [0.3, 0.4) is 0 Å². The molecule has 0 aliphatic rings. The SMILES string of the molecule is COc1ccccc1Oc1ccc(NC(=O)CCc2ccccc2O)cc1. The lowest BCUT2D eigenvalue weighted by atomic mass is 10.1. The topological polar surface area (TPSA) is 67.8 Å². The van der Waals surface area contributed by atoms with E-state index in [0.717, 1.165) is 5.56 Å². The summed E-state index contributed by atoms with van der Waals surface area (Å²) in [6, 6.07) is 21.6. The molecule has 3 aromatic rings. The number of benzene rings is 3. The second kappa shape index (κ2) is 8.76. The number of anilines is 1. The van der Waals surface area contributed by atoms with Gasteiger partial charge in [-0.1, -0.05) is 30.3 Å². The van der Waals surface area contributed by atoms with Crippen LogP contribution in [0.1, 0.15) is 12.0 Å². The third-order valence-corrected chi connectivity index (χ3v) is 4.05. The van der Waals surface area contributed by atoms with E-state index in [1.165, 1.54) is 0 Å². The van der Waals surface area contributed by atoms with Crippen molar-refractivity contribution in [3.05, 3.63) is 78.4 Å². The van der Waals surface area contributed by atoms with Crippen LogP contribution in [0.5, 0.6) is 23.0 Å². The predicted molar refractivity (Wildman–Crippen MR) is 105 cm³/mol. The summed E-state index contributed by atoms with van der Waals surface area (Å²) in [6.07, 6.45) is 0.768. The van der Waals surface area contributed by atoms with Gasteiger partial charge in [0, 0.05) is 12.1 Å². The number of hydrogen-bond donors (Lipinski definition) is 2. The smallest absolute Gasteiger partial charge is 0.224 e. The number of aryl methyl sites for hydroxylation is 1. The van der Waals surface area contributed by atoms with Crippen molar-refractivity contribution in [1.29, 1.82) is 0 Å². The minimum absolute atomic E-state index is 0.114. The molecule has 0 spiro atoms. The Morgan fingerprint density at radius 2 is 1.59 bits per heavy atom. The fraction of sp³-hybridized carbons (Fsp3) is 0.136. The molecule has 138 valence electrons. The van der Waals surface area contributed by atoms with Crippen molar-refractivity contribution in [2.24, 2.45) is 0 Å². The van der Waals surface area contributed by atoms with E-state index < -0.39 is 0 Å². The number of phenolic OH excluding ortho intramolecular Hbond substituents is 1. The number of para-hydroxylation sites is 3. The van der Waals surface area contributed by atoms with Gasteiger partial charge in [-0.2, -0.15) is 0 Å². The highest BCUT2D eigenvalue weighted by molar-refractivity contribution is 5.90. The first-order chi connectivity index (χ1) is 13.2. The highest BCUT2D eigenvalue weighted by Crippen LogP contribution is 2.31. The molecule has 0 aromatic heterocycles. The summed E-state index contributed by atoms with van der Waals surface area (Å²) >= 11 is 0. The van der Waals surface area contributed by atoms with E-state index in [2.05, 4.69) is 5.32 Å². The van der Waals surface area contributed by atoms with E-state index >= 15 is 0 Å². The van der Waals surface area contributed by atoms with Crippen LogP contribution in [0, 0.1) is 0 Å². The fourth-order valence-electron chi connectivity index (χ4n) is 2.63. The van der Waals surface area contributed by atoms with Crippen LogP contribution >= 0.6 is 0 Å². The molecule has 0 fully saturated rings. The number of carbonyl (C=O) groups excluding carboxylic acids is 1. The highest BCUT2D eigenvalue weighted by atomic mass is 16.5. The zero-order valence-corrected chi connectivity index (χ0v) is 15.0. The molecule has 0 unspecified atom stereocenters. The van der Waals surface area contributed by atoms with Crippen molar-refractivity contribution in [2.45, 2.75) is 12.8 Å². The van der Waals surface area contributed by atoms with E-state index in [-0.39, 0.29) is 18.1 Å². The summed E-state index contributed by atoms with van der Waals surface area (Å²) in [5.74, 6) is 2.02. The average molecular weight is 363 g/mol. The van der Waals surface area contributed by atoms with Crippen molar-refractivity contribution in [3.63, 3.8) is 0 Å². The summed E-state index contributed by atoms with van der Waals surface area (Å²) in [7, 11) is 1.59. The number of carbonyl (C=O) groups is 1. The molecule has 5 nitrogen and oxygen atoms in total. The second-order valence-electron chi connectivity index (χ2n) is 5.95. The first-order valence-corrected chi connectivity index (χ1v) is 8.63. The van der Waals surface area contributed by atoms with Gasteiger partial charge in [-0.05, 0) is 54.4 Å². The Kier molecular flexibility index (Phi) is 5.94. The maximum absolute atomic E-state index is 12.1. The van der Waals surface area contributed by atoms with Crippen LogP contribution in [0.15, 0.2) is 72.8 Å². The molecule has 0 bridgehead atoms. The van der Waals surface area contributed by atoms with Crippen LogP contribution in [0.25, 0.3) is 0 Å². The lowest BCUT2D eigenvalue weighted by Gasteiger charge is -2.11. The Balaban J connectivity index is 1.55. The molecule has 27 heavy (non-hydrogen) atoms. The zero-order valence-electron chi connectivity index (χ0n) is 15.0. The number of nitrogens with one attached hydrogen (secondary N) is 1. The Hall–Kier alpha value is -3.47. The third-order valence-electron chi connectivity index (χ3n) is 4.05. The Morgan fingerprint density at radius 3 is 2.30 bits per heavy atom. The van der Waals surface area contributed by atoms with Crippen LogP contribution in [-0.4, -0.2) is 18.1 Å². The number of aromatic hydroxyl groups is 1. The van der Waals surface area contributed by atoms with Gasteiger partial charge in [-0.25, -0.2) is 0 Å². The van der Waals surface area contributed by atoms with E-state index in [1.807, 2.05) is 36.4 Å². The molecular formula is C22H21NO4. The van der Waals surface area contributed by atoms with Gasteiger partial charge in [0.1, 0.15) is 11.5 Å². The van der Waals surface area contributed by atoms with Gasteiger partial charge in [0.05, 0.1) is 7.11 Å². The molecule has 0 saturated heterocycles. The maximum Gasteiger partial charge on any atom is 0.224 e. The summed E-state index contributed by atoms with van der Waals surface area (Å²) in [5.41, 5.74) is 1.44. The van der Waals surface area contributed by atoms with E-state index in [0.29, 0.717) is 29.4 Å². The normalized spacial score (nSPS) is 10.3. The standard InChI is InChI=1S/C22H21NO4/c1-26-20-8-4-5-9-21(20)27-18-13-11-17(12-14-18)23-22(25)15-10-16-6-2-3-7-19(16)24/h2-9,11-14,24H,10,15H2,1H3,(H,23,25). The minimum atomic E-state index is -0.114. The lowest BCUT2D eigenvalue weighted by molar-refractivity contribution is -0.116. The van der Waals surface area contributed by atoms with Gasteiger partial charge in [0.2, 0.25) is 5.91 Å². The van der Waals surface area contributed by atoms with E-state index in [4.69, 9.17) is 9.47 Å². The number of phenols is 1. The quantitative estimate of drug-likeness (QED) is 0.635. The Bertz CT molecular complexity index is 906. The minimum Gasteiger partial charge on any atom is -0.508 e. The molecule has 1 amide bonds. The molecule has 0 atom stereocenters. The van der Waals surface area contributed by atoms with Crippen LogP contribution < -0.4 is 14.8 Å². The number of rotatable bonds is 7. The molecule has 3 aromatic carbocycles.